The van der Waals surface area contributed by atoms with Crippen LogP contribution in [0.4, 0.5) is 0 Å². The van der Waals surface area contributed by atoms with E-state index in [2.05, 4.69) is 15.3 Å². The minimum atomic E-state index is -0.490. The normalized spacial score (nSPS) is 11.8. The highest BCUT2D eigenvalue weighted by Gasteiger charge is 2.10. The lowest BCUT2D eigenvalue weighted by Crippen LogP contribution is -2.31. The van der Waals surface area contributed by atoms with Gasteiger partial charge in [0.2, 0.25) is 0 Å². The minimum absolute atomic E-state index is 0.311. The van der Waals surface area contributed by atoms with Crippen molar-refractivity contribution in [3.05, 3.63) is 17.7 Å². The molecule has 5 nitrogen and oxygen atoms in total. The minimum Gasteiger partial charge on any atom is -0.338 e. The number of hydrogen-bond acceptors (Lipinski definition) is 3. The lowest BCUT2D eigenvalue weighted by atomic mass is 10.3. The van der Waals surface area contributed by atoms with Crippen LogP contribution < -0.4 is 5.32 Å². The summed E-state index contributed by atoms with van der Waals surface area (Å²) < 4.78 is 0. The van der Waals surface area contributed by atoms with E-state index in [0.29, 0.717) is 11.5 Å². The summed E-state index contributed by atoms with van der Waals surface area (Å²) in [6.45, 7) is 3.37. The third-order valence-electron chi connectivity index (χ3n) is 1.49. The molecule has 1 aromatic heterocycles. The Kier molecular flexibility index (Phi) is 2.65. The van der Waals surface area contributed by atoms with E-state index in [9.17, 15) is 4.79 Å². The fourth-order valence-corrected chi connectivity index (χ4v) is 0.843. The largest absolute Gasteiger partial charge is 0.338 e. The third kappa shape index (κ3) is 2.30. The van der Waals surface area contributed by atoms with Gasteiger partial charge in [-0.25, -0.2) is 4.98 Å². The Morgan fingerprint density at radius 2 is 2.54 bits per heavy atom. The van der Waals surface area contributed by atoms with Gasteiger partial charge in [-0.15, -0.1) is 0 Å². The van der Waals surface area contributed by atoms with Crippen molar-refractivity contribution >= 4 is 5.91 Å². The first-order valence-electron chi connectivity index (χ1n) is 3.85. The highest BCUT2D eigenvalue weighted by atomic mass is 16.1. The fourth-order valence-electron chi connectivity index (χ4n) is 0.843. The van der Waals surface area contributed by atoms with Gasteiger partial charge in [0, 0.05) is 0 Å². The van der Waals surface area contributed by atoms with Crippen LogP contribution in [0.25, 0.3) is 0 Å². The van der Waals surface area contributed by atoms with Gasteiger partial charge < -0.3 is 10.3 Å². The molecule has 68 valence electrons. The molecule has 1 atom stereocenters. The van der Waals surface area contributed by atoms with E-state index in [1.165, 1.54) is 6.20 Å². The van der Waals surface area contributed by atoms with Gasteiger partial charge in [-0.1, -0.05) is 0 Å². The highest BCUT2D eigenvalue weighted by Crippen LogP contribution is 1.95. The number of hydrogen-bond donors (Lipinski definition) is 2. The number of imidazole rings is 1. The summed E-state index contributed by atoms with van der Waals surface area (Å²) in [5.41, 5.74) is 0.375. The summed E-state index contributed by atoms with van der Waals surface area (Å²) in [5.74, 6) is 0.365. The van der Waals surface area contributed by atoms with Crippen LogP contribution in [0.5, 0.6) is 0 Å². The summed E-state index contributed by atoms with van der Waals surface area (Å²) in [4.78, 5) is 17.9. The second kappa shape index (κ2) is 3.72. The van der Waals surface area contributed by atoms with Crippen LogP contribution >= 0.6 is 0 Å². The molecule has 0 radical (unpaired) electrons. The molecule has 1 heterocycles. The predicted octanol–water partition coefficient (Wildman–Crippen LogP) is 0.360. The lowest BCUT2D eigenvalue weighted by molar-refractivity contribution is 0.0943. The van der Waals surface area contributed by atoms with Gasteiger partial charge in [-0.2, -0.15) is 5.26 Å². The summed E-state index contributed by atoms with van der Waals surface area (Å²) in [6, 6.07) is 1.42. The van der Waals surface area contributed by atoms with Crippen LogP contribution in [0.1, 0.15) is 23.2 Å². The van der Waals surface area contributed by atoms with Gasteiger partial charge in [0.1, 0.15) is 17.6 Å². The maximum absolute atomic E-state index is 11.3. The predicted molar refractivity (Wildman–Crippen MR) is 45.9 cm³/mol. The summed E-state index contributed by atoms with van der Waals surface area (Å²) in [5, 5.41) is 10.9. The molecular formula is C8H10N4O. The number of nitrogens with zero attached hydrogens (tertiary/aromatic N) is 2. The van der Waals surface area contributed by atoms with E-state index in [1.807, 2.05) is 6.07 Å². The standard InChI is InChI=1S/C8H10N4O/c1-5(3-9)11-8(13)7-4-10-6(2)12-7/h4-5H,1-2H3,(H,10,12)(H,11,13). The first-order valence-corrected chi connectivity index (χ1v) is 3.85. The number of rotatable bonds is 2. The Morgan fingerprint density at radius 1 is 1.85 bits per heavy atom. The van der Waals surface area contributed by atoms with Gasteiger partial charge in [-0.05, 0) is 13.8 Å². The Morgan fingerprint density at radius 3 is 3.00 bits per heavy atom. The average molecular weight is 178 g/mol. The number of H-pyrrole nitrogens is 1. The van der Waals surface area contributed by atoms with Crippen LogP contribution in [0.15, 0.2) is 6.20 Å². The molecule has 2 N–H and O–H groups in total. The second-order valence-electron chi connectivity index (χ2n) is 2.71. The monoisotopic (exact) mass is 178 g/mol. The Bertz CT molecular complexity index is 349. The molecule has 0 aromatic carbocycles. The number of nitriles is 1. The van der Waals surface area contributed by atoms with E-state index in [4.69, 9.17) is 5.26 Å². The van der Waals surface area contributed by atoms with Crippen molar-refractivity contribution < 1.29 is 4.79 Å². The van der Waals surface area contributed by atoms with Gasteiger partial charge in [0.15, 0.2) is 0 Å². The molecule has 0 aliphatic rings. The summed E-state index contributed by atoms with van der Waals surface area (Å²) in [6.07, 6.45) is 1.44. The summed E-state index contributed by atoms with van der Waals surface area (Å²) in [7, 11) is 0. The number of carbonyl (C=O) groups is 1. The molecule has 1 unspecified atom stereocenters. The zero-order chi connectivity index (χ0) is 9.84. The maximum atomic E-state index is 11.3. The first kappa shape index (κ1) is 9.26. The van der Waals surface area contributed by atoms with Crippen molar-refractivity contribution in [1.29, 1.82) is 5.26 Å². The van der Waals surface area contributed by atoms with Crippen LogP contribution in [0.3, 0.4) is 0 Å². The molecule has 1 rings (SSSR count). The molecular weight excluding hydrogens is 168 g/mol. The molecule has 13 heavy (non-hydrogen) atoms. The molecule has 5 heteroatoms. The SMILES string of the molecule is Cc1ncc(C(=O)NC(C)C#N)[nH]1. The molecule has 1 amide bonds. The van der Waals surface area contributed by atoms with E-state index < -0.39 is 6.04 Å². The molecule has 0 spiro atoms. The molecule has 0 aliphatic heterocycles. The van der Waals surface area contributed by atoms with Crippen molar-refractivity contribution in [1.82, 2.24) is 15.3 Å². The van der Waals surface area contributed by atoms with Crippen molar-refractivity contribution in [2.24, 2.45) is 0 Å². The average Bonchev–Trinajstić information content (AvgIpc) is 2.51. The van der Waals surface area contributed by atoms with E-state index >= 15 is 0 Å². The zero-order valence-electron chi connectivity index (χ0n) is 7.46. The lowest BCUT2D eigenvalue weighted by Gasteiger charge is -2.03. The van der Waals surface area contributed by atoms with Crippen molar-refractivity contribution in [2.75, 3.05) is 0 Å². The van der Waals surface area contributed by atoms with Crippen LogP contribution in [0.2, 0.25) is 0 Å². The van der Waals surface area contributed by atoms with E-state index in [1.54, 1.807) is 13.8 Å². The van der Waals surface area contributed by atoms with Gasteiger partial charge in [-0.3, -0.25) is 4.79 Å². The molecule has 0 saturated heterocycles. The second-order valence-corrected chi connectivity index (χ2v) is 2.71. The third-order valence-corrected chi connectivity index (χ3v) is 1.49. The fraction of sp³-hybridized carbons (Fsp3) is 0.375. The van der Waals surface area contributed by atoms with Crippen molar-refractivity contribution in [3.8, 4) is 6.07 Å². The number of aromatic amines is 1. The summed E-state index contributed by atoms with van der Waals surface area (Å²) >= 11 is 0. The van der Waals surface area contributed by atoms with Crippen molar-refractivity contribution in [3.63, 3.8) is 0 Å². The molecule has 0 fully saturated rings. The maximum Gasteiger partial charge on any atom is 0.270 e. The Hall–Kier alpha value is -1.83. The smallest absolute Gasteiger partial charge is 0.270 e. The van der Waals surface area contributed by atoms with Gasteiger partial charge in [0.05, 0.1) is 12.3 Å². The number of nitrogens with one attached hydrogen (secondary N) is 2. The van der Waals surface area contributed by atoms with E-state index in [-0.39, 0.29) is 5.91 Å². The van der Waals surface area contributed by atoms with Crippen molar-refractivity contribution in [2.45, 2.75) is 19.9 Å². The Balaban J connectivity index is 2.65. The van der Waals surface area contributed by atoms with Gasteiger partial charge >= 0.3 is 0 Å². The quantitative estimate of drug-likeness (QED) is 0.686. The first-order chi connectivity index (χ1) is 6.13. The number of aryl methyl sites for hydroxylation is 1. The zero-order valence-corrected chi connectivity index (χ0v) is 7.46. The Labute approximate surface area is 75.8 Å². The number of aromatic nitrogens is 2. The topological polar surface area (TPSA) is 81.6 Å². The highest BCUT2D eigenvalue weighted by molar-refractivity contribution is 5.92. The van der Waals surface area contributed by atoms with Gasteiger partial charge in [0.25, 0.3) is 5.91 Å². The molecule has 1 aromatic rings. The number of carbonyl (C=O) groups excluding carboxylic acids is 1. The molecule has 0 saturated carbocycles. The van der Waals surface area contributed by atoms with E-state index in [0.717, 1.165) is 0 Å². The van der Waals surface area contributed by atoms with Crippen LogP contribution in [-0.2, 0) is 0 Å². The molecule has 0 bridgehead atoms. The number of amides is 1. The van der Waals surface area contributed by atoms with Crippen LogP contribution in [0, 0.1) is 18.3 Å². The van der Waals surface area contributed by atoms with Crippen LogP contribution in [-0.4, -0.2) is 21.9 Å². The molecule has 0 aliphatic carbocycles.